The number of hydrogen-bond donors (Lipinski definition) is 1. The third kappa shape index (κ3) is 4.14. The first-order valence-electron chi connectivity index (χ1n) is 6.63. The van der Waals surface area contributed by atoms with E-state index in [1.54, 1.807) is 32.4 Å². The number of nitrogens with zero attached hydrogens (tertiary/aromatic N) is 2. The summed E-state index contributed by atoms with van der Waals surface area (Å²) in [5, 5.41) is 10.8. The number of aromatic nitrogens is 2. The topological polar surface area (TPSA) is 86.5 Å². The van der Waals surface area contributed by atoms with Crippen molar-refractivity contribution in [3.8, 4) is 11.5 Å². The number of carbonyl (C=O) groups is 1. The molecule has 0 unspecified atom stereocenters. The van der Waals surface area contributed by atoms with Crippen molar-refractivity contribution in [2.45, 2.75) is 18.6 Å². The maximum atomic E-state index is 11.9. The first-order chi connectivity index (χ1) is 10.7. The van der Waals surface area contributed by atoms with E-state index in [0.29, 0.717) is 34.7 Å². The lowest BCUT2D eigenvalue weighted by Gasteiger charge is -2.10. The zero-order valence-electron chi connectivity index (χ0n) is 12.6. The van der Waals surface area contributed by atoms with Gasteiger partial charge in [0.15, 0.2) is 11.5 Å². The predicted octanol–water partition coefficient (Wildman–Crippen LogP) is 2.38. The van der Waals surface area contributed by atoms with Crippen molar-refractivity contribution in [2.75, 3.05) is 25.3 Å². The molecule has 2 rings (SSSR count). The van der Waals surface area contributed by atoms with Crippen LogP contribution in [0.25, 0.3) is 0 Å². The smallest absolute Gasteiger partial charge is 0.277 e. The molecule has 2 aromatic rings. The number of aryl methyl sites for hydroxylation is 1. The molecule has 8 heteroatoms. The molecule has 0 fully saturated rings. The van der Waals surface area contributed by atoms with Crippen molar-refractivity contribution in [1.82, 2.24) is 10.2 Å². The number of methoxy groups -OCH3 is 2. The number of anilines is 1. The van der Waals surface area contributed by atoms with Gasteiger partial charge in [-0.15, -0.1) is 10.2 Å². The zero-order valence-corrected chi connectivity index (χ0v) is 13.4. The molecule has 0 aliphatic rings. The van der Waals surface area contributed by atoms with E-state index in [0.717, 1.165) is 0 Å². The van der Waals surface area contributed by atoms with Gasteiger partial charge in [0.2, 0.25) is 11.8 Å². The highest BCUT2D eigenvalue weighted by molar-refractivity contribution is 7.99. The van der Waals surface area contributed by atoms with Gasteiger partial charge in [-0.25, -0.2) is 0 Å². The van der Waals surface area contributed by atoms with Crippen molar-refractivity contribution < 1.29 is 18.7 Å². The maximum Gasteiger partial charge on any atom is 0.277 e. The molecule has 7 nitrogen and oxygen atoms in total. The van der Waals surface area contributed by atoms with Crippen molar-refractivity contribution in [1.29, 1.82) is 0 Å². The lowest BCUT2D eigenvalue weighted by atomic mass is 10.2. The zero-order chi connectivity index (χ0) is 15.9. The summed E-state index contributed by atoms with van der Waals surface area (Å²) in [4.78, 5) is 11.9. The molecule has 0 saturated heterocycles. The lowest BCUT2D eigenvalue weighted by molar-refractivity contribution is -0.113. The largest absolute Gasteiger partial charge is 0.493 e. The number of rotatable bonds is 7. The van der Waals surface area contributed by atoms with Crippen LogP contribution < -0.4 is 14.8 Å². The minimum absolute atomic E-state index is 0.173. The quantitative estimate of drug-likeness (QED) is 0.783. The summed E-state index contributed by atoms with van der Waals surface area (Å²) in [5.41, 5.74) is 0.628. The van der Waals surface area contributed by atoms with Crippen molar-refractivity contribution in [3.05, 3.63) is 24.1 Å². The van der Waals surface area contributed by atoms with Crippen LogP contribution >= 0.6 is 11.8 Å². The van der Waals surface area contributed by atoms with E-state index in [-0.39, 0.29) is 11.7 Å². The van der Waals surface area contributed by atoms with Gasteiger partial charge in [0.1, 0.15) is 0 Å². The number of amides is 1. The molecule has 0 atom stereocenters. The molecule has 0 spiro atoms. The second-order valence-electron chi connectivity index (χ2n) is 4.22. The minimum Gasteiger partial charge on any atom is -0.493 e. The van der Waals surface area contributed by atoms with Crippen molar-refractivity contribution >= 4 is 23.4 Å². The Morgan fingerprint density at radius 3 is 2.68 bits per heavy atom. The van der Waals surface area contributed by atoms with Crippen LogP contribution in [-0.2, 0) is 11.2 Å². The number of hydrogen-bond acceptors (Lipinski definition) is 7. The average molecular weight is 323 g/mol. The van der Waals surface area contributed by atoms with Gasteiger partial charge >= 0.3 is 0 Å². The van der Waals surface area contributed by atoms with Crippen LogP contribution in [0.5, 0.6) is 11.5 Å². The van der Waals surface area contributed by atoms with Crippen molar-refractivity contribution in [2.24, 2.45) is 0 Å². The lowest BCUT2D eigenvalue weighted by Crippen LogP contribution is -2.14. The fraction of sp³-hybridized carbons (Fsp3) is 0.357. The van der Waals surface area contributed by atoms with Gasteiger partial charge in [-0.05, 0) is 12.1 Å². The van der Waals surface area contributed by atoms with Gasteiger partial charge in [-0.3, -0.25) is 4.79 Å². The first kappa shape index (κ1) is 16.2. The van der Waals surface area contributed by atoms with E-state index < -0.39 is 0 Å². The summed E-state index contributed by atoms with van der Waals surface area (Å²) in [6, 6.07) is 5.17. The highest BCUT2D eigenvalue weighted by Gasteiger charge is 2.10. The van der Waals surface area contributed by atoms with Crippen LogP contribution in [0.3, 0.4) is 0 Å². The fourth-order valence-electron chi connectivity index (χ4n) is 1.68. The summed E-state index contributed by atoms with van der Waals surface area (Å²) >= 11 is 1.19. The maximum absolute atomic E-state index is 11.9. The Bertz CT molecular complexity index is 645. The Hall–Kier alpha value is -2.22. The van der Waals surface area contributed by atoms with Gasteiger partial charge < -0.3 is 19.2 Å². The van der Waals surface area contributed by atoms with Gasteiger partial charge in [-0.2, -0.15) is 0 Å². The van der Waals surface area contributed by atoms with Gasteiger partial charge in [0.05, 0.1) is 20.0 Å². The Morgan fingerprint density at radius 2 is 2.05 bits per heavy atom. The van der Waals surface area contributed by atoms with E-state index in [9.17, 15) is 4.79 Å². The fourth-order valence-corrected chi connectivity index (χ4v) is 2.26. The third-order valence-corrected chi connectivity index (χ3v) is 3.56. The van der Waals surface area contributed by atoms with E-state index in [1.807, 2.05) is 6.92 Å². The molecule has 0 aliphatic heterocycles. The van der Waals surface area contributed by atoms with Crippen LogP contribution in [0.4, 0.5) is 5.69 Å². The van der Waals surface area contributed by atoms with Gasteiger partial charge in [-0.1, -0.05) is 18.7 Å². The van der Waals surface area contributed by atoms with Crippen LogP contribution in [0.15, 0.2) is 27.8 Å². The summed E-state index contributed by atoms with van der Waals surface area (Å²) < 4.78 is 15.7. The van der Waals surface area contributed by atoms with Crippen LogP contribution in [0, 0.1) is 0 Å². The number of benzene rings is 1. The van der Waals surface area contributed by atoms with Gasteiger partial charge in [0, 0.05) is 18.2 Å². The number of thioether (sulfide) groups is 1. The number of carbonyl (C=O) groups excluding carboxylic acids is 1. The first-order valence-corrected chi connectivity index (χ1v) is 7.61. The normalized spacial score (nSPS) is 10.3. The summed E-state index contributed by atoms with van der Waals surface area (Å²) in [7, 11) is 3.10. The average Bonchev–Trinajstić information content (AvgIpc) is 3.01. The Balaban J connectivity index is 1.91. The monoisotopic (exact) mass is 323 g/mol. The molecule has 22 heavy (non-hydrogen) atoms. The third-order valence-electron chi connectivity index (χ3n) is 2.74. The van der Waals surface area contributed by atoms with E-state index in [1.165, 1.54) is 11.8 Å². The standard InChI is InChI=1S/C14H17N3O4S/c1-4-13-16-17-14(21-13)22-8-12(18)15-9-5-6-10(19-2)11(7-9)20-3/h5-7H,4,8H2,1-3H3,(H,15,18). The molecule has 1 N–H and O–H groups in total. The predicted molar refractivity (Wildman–Crippen MR) is 82.6 cm³/mol. The van der Waals surface area contributed by atoms with Crippen LogP contribution in [0.2, 0.25) is 0 Å². The summed E-state index contributed by atoms with van der Waals surface area (Å²) in [6.07, 6.45) is 0.672. The molecule has 118 valence electrons. The van der Waals surface area contributed by atoms with E-state index >= 15 is 0 Å². The Labute approximate surface area is 132 Å². The second-order valence-corrected chi connectivity index (χ2v) is 5.15. The number of ether oxygens (including phenoxy) is 2. The Morgan fingerprint density at radius 1 is 1.27 bits per heavy atom. The molecular formula is C14H17N3O4S. The highest BCUT2D eigenvalue weighted by Crippen LogP contribution is 2.29. The molecule has 0 bridgehead atoms. The van der Waals surface area contributed by atoms with Gasteiger partial charge in [0.25, 0.3) is 5.22 Å². The van der Waals surface area contributed by atoms with Crippen LogP contribution in [0.1, 0.15) is 12.8 Å². The highest BCUT2D eigenvalue weighted by atomic mass is 32.2. The second kappa shape index (κ2) is 7.69. The molecule has 0 aliphatic carbocycles. The molecule has 1 aromatic heterocycles. The molecule has 0 radical (unpaired) electrons. The molecular weight excluding hydrogens is 306 g/mol. The summed E-state index contributed by atoms with van der Waals surface area (Å²) in [6.45, 7) is 1.92. The van der Waals surface area contributed by atoms with Crippen LogP contribution in [-0.4, -0.2) is 36.1 Å². The number of nitrogens with one attached hydrogen (secondary N) is 1. The molecule has 1 amide bonds. The van der Waals surface area contributed by atoms with E-state index in [4.69, 9.17) is 13.9 Å². The molecule has 1 aromatic carbocycles. The Kier molecular flexibility index (Phi) is 5.65. The minimum atomic E-state index is -0.173. The van der Waals surface area contributed by atoms with Crippen molar-refractivity contribution in [3.63, 3.8) is 0 Å². The van der Waals surface area contributed by atoms with E-state index in [2.05, 4.69) is 15.5 Å². The summed E-state index contributed by atoms with van der Waals surface area (Å²) in [5.74, 6) is 1.72. The molecule has 1 heterocycles. The molecule has 0 saturated carbocycles. The SMILES string of the molecule is CCc1nnc(SCC(=O)Nc2ccc(OC)c(OC)c2)o1.